The van der Waals surface area contributed by atoms with E-state index in [1.54, 1.807) is 22.7 Å². The van der Waals surface area contributed by atoms with Crippen LogP contribution >= 0.6 is 0 Å². The fourth-order valence-corrected chi connectivity index (χ4v) is 2.10. The maximum atomic E-state index is 10.9. The van der Waals surface area contributed by atoms with Gasteiger partial charge in [-0.1, -0.05) is 0 Å². The highest BCUT2D eigenvalue weighted by molar-refractivity contribution is 5.87. The van der Waals surface area contributed by atoms with E-state index >= 15 is 0 Å². The molecule has 1 fully saturated rings. The Kier molecular flexibility index (Phi) is 2.33. The van der Waals surface area contributed by atoms with Gasteiger partial charge in [0.05, 0.1) is 17.9 Å². The van der Waals surface area contributed by atoms with Crippen molar-refractivity contribution in [3.63, 3.8) is 0 Å². The third kappa shape index (κ3) is 1.78. The molecule has 1 saturated heterocycles. The lowest BCUT2D eigenvalue weighted by Crippen LogP contribution is -1.98. The Morgan fingerprint density at radius 3 is 3.06 bits per heavy atom. The first-order valence-electron chi connectivity index (χ1n) is 5.54. The predicted molar refractivity (Wildman–Crippen MR) is 60.3 cm³/mol. The number of imidazole rings is 1. The van der Waals surface area contributed by atoms with E-state index in [9.17, 15) is 4.79 Å². The first kappa shape index (κ1) is 10.3. The summed E-state index contributed by atoms with van der Waals surface area (Å²) in [4.78, 5) is 15.3. The molecule has 0 aromatic carbocycles. The molecule has 17 heavy (non-hydrogen) atoms. The molecule has 3 rings (SSSR count). The number of hydrogen-bond donors (Lipinski definition) is 1. The fraction of sp³-hybridized carbons (Fsp3) is 0.333. The number of rotatable bonds is 2. The van der Waals surface area contributed by atoms with Gasteiger partial charge in [-0.05, 0) is 18.6 Å². The summed E-state index contributed by atoms with van der Waals surface area (Å²) in [6, 6.07) is 3.29. The first-order valence-corrected chi connectivity index (χ1v) is 5.54. The summed E-state index contributed by atoms with van der Waals surface area (Å²) in [7, 11) is 0. The van der Waals surface area contributed by atoms with Gasteiger partial charge >= 0.3 is 5.97 Å². The van der Waals surface area contributed by atoms with Crippen LogP contribution in [0.25, 0.3) is 5.65 Å². The van der Waals surface area contributed by atoms with Crippen LogP contribution in [0.1, 0.15) is 28.4 Å². The molecule has 0 bridgehead atoms. The smallest absolute Gasteiger partial charge is 0.337 e. The minimum absolute atomic E-state index is 0.268. The van der Waals surface area contributed by atoms with Crippen molar-refractivity contribution in [2.75, 3.05) is 13.2 Å². The van der Waals surface area contributed by atoms with Crippen molar-refractivity contribution in [2.45, 2.75) is 12.3 Å². The zero-order valence-electron chi connectivity index (χ0n) is 9.17. The standard InChI is InChI=1S/C12H12N2O3/c15-12(16)8-1-2-11-13-10(6-14(11)5-8)9-3-4-17-7-9/h1-2,5-6,9H,3-4,7H2,(H,15,16). The minimum Gasteiger partial charge on any atom is -0.478 e. The predicted octanol–water partition coefficient (Wildman–Crippen LogP) is 1.54. The van der Waals surface area contributed by atoms with E-state index in [0.29, 0.717) is 12.5 Å². The van der Waals surface area contributed by atoms with Gasteiger partial charge in [-0.2, -0.15) is 0 Å². The van der Waals surface area contributed by atoms with Crippen molar-refractivity contribution in [1.82, 2.24) is 9.38 Å². The highest BCUT2D eigenvalue weighted by atomic mass is 16.5. The van der Waals surface area contributed by atoms with Crippen LogP contribution in [0.15, 0.2) is 24.5 Å². The van der Waals surface area contributed by atoms with E-state index in [2.05, 4.69) is 4.98 Å². The average Bonchev–Trinajstić information content (AvgIpc) is 2.96. The van der Waals surface area contributed by atoms with Gasteiger partial charge in [0.15, 0.2) is 0 Å². The first-order chi connectivity index (χ1) is 8.24. The van der Waals surface area contributed by atoms with Crippen molar-refractivity contribution in [3.05, 3.63) is 35.8 Å². The van der Waals surface area contributed by atoms with Crippen molar-refractivity contribution in [1.29, 1.82) is 0 Å². The Balaban J connectivity index is 2.03. The van der Waals surface area contributed by atoms with Crippen LogP contribution < -0.4 is 0 Å². The van der Waals surface area contributed by atoms with Gasteiger partial charge in [0, 0.05) is 24.9 Å². The van der Waals surface area contributed by atoms with Crippen LogP contribution in [0.2, 0.25) is 0 Å². The Hall–Kier alpha value is -1.88. The second-order valence-corrected chi connectivity index (χ2v) is 4.21. The van der Waals surface area contributed by atoms with E-state index in [1.165, 1.54) is 0 Å². The second kappa shape index (κ2) is 3.85. The van der Waals surface area contributed by atoms with Crippen LogP contribution in [-0.4, -0.2) is 33.7 Å². The molecule has 88 valence electrons. The van der Waals surface area contributed by atoms with Crippen molar-refractivity contribution < 1.29 is 14.6 Å². The van der Waals surface area contributed by atoms with Gasteiger partial charge in [-0.3, -0.25) is 0 Å². The van der Waals surface area contributed by atoms with Gasteiger partial charge < -0.3 is 14.2 Å². The van der Waals surface area contributed by atoms with Crippen molar-refractivity contribution in [3.8, 4) is 0 Å². The highest BCUT2D eigenvalue weighted by Crippen LogP contribution is 2.24. The quantitative estimate of drug-likeness (QED) is 0.853. The van der Waals surface area contributed by atoms with Gasteiger partial charge in [-0.25, -0.2) is 9.78 Å². The molecule has 1 unspecified atom stereocenters. The number of carbonyl (C=O) groups is 1. The van der Waals surface area contributed by atoms with Gasteiger partial charge in [0.1, 0.15) is 5.65 Å². The Bertz CT molecular complexity index is 570. The summed E-state index contributed by atoms with van der Waals surface area (Å²) in [6.45, 7) is 1.48. The third-order valence-corrected chi connectivity index (χ3v) is 3.06. The summed E-state index contributed by atoms with van der Waals surface area (Å²) in [5, 5.41) is 8.91. The minimum atomic E-state index is -0.925. The maximum Gasteiger partial charge on any atom is 0.337 e. The number of aromatic carboxylic acids is 1. The number of aromatic nitrogens is 2. The SMILES string of the molecule is O=C(O)c1ccc2nc(C3CCOC3)cn2c1. The van der Waals surface area contributed by atoms with E-state index < -0.39 is 5.97 Å². The molecule has 0 amide bonds. The van der Waals surface area contributed by atoms with E-state index in [0.717, 1.165) is 24.4 Å². The summed E-state index contributed by atoms with van der Waals surface area (Å²) in [5.74, 6) is -0.588. The molecule has 2 aromatic heterocycles. The topological polar surface area (TPSA) is 63.8 Å². The molecule has 3 heterocycles. The van der Waals surface area contributed by atoms with Crippen molar-refractivity contribution in [2.24, 2.45) is 0 Å². The number of carboxylic acids is 1. The number of ether oxygens (including phenoxy) is 1. The van der Waals surface area contributed by atoms with Gasteiger partial charge in [0.2, 0.25) is 0 Å². The van der Waals surface area contributed by atoms with Gasteiger partial charge in [0.25, 0.3) is 0 Å². The zero-order valence-corrected chi connectivity index (χ0v) is 9.17. The average molecular weight is 232 g/mol. The van der Waals surface area contributed by atoms with Crippen LogP contribution in [-0.2, 0) is 4.74 Å². The monoisotopic (exact) mass is 232 g/mol. The number of hydrogen-bond acceptors (Lipinski definition) is 3. The van der Waals surface area contributed by atoms with Crippen LogP contribution in [0, 0.1) is 0 Å². The molecule has 1 aliphatic rings. The van der Waals surface area contributed by atoms with E-state index in [-0.39, 0.29) is 5.56 Å². The molecule has 0 aliphatic carbocycles. The molecule has 1 atom stereocenters. The number of nitrogens with zero attached hydrogens (tertiary/aromatic N) is 2. The lowest BCUT2D eigenvalue weighted by atomic mass is 10.1. The van der Waals surface area contributed by atoms with E-state index in [4.69, 9.17) is 9.84 Å². The molecular weight excluding hydrogens is 220 g/mol. The Labute approximate surface area is 97.7 Å². The molecule has 5 nitrogen and oxygen atoms in total. The molecule has 0 radical (unpaired) electrons. The summed E-state index contributed by atoms with van der Waals surface area (Å²) in [5.41, 5.74) is 2.02. The normalized spacial score (nSPS) is 19.9. The van der Waals surface area contributed by atoms with Crippen LogP contribution in [0.4, 0.5) is 0 Å². The van der Waals surface area contributed by atoms with Crippen LogP contribution in [0.3, 0.4) is 0 Å². The van der Waals surface area contributed by atoms with Crippen molar-refractivity contribution >= 4 is 11.6 Å². The van der Waals surface area contributed by atoms with Gasteiger partial charge in [-0.15, -0.1) is 0 Å². The number of carboxylic acid groups (broad SMARTS) is 1. The lowest BCUT2D eigenvalue weighted by Gasteiger charge is -2.00. The zero-order chi connectivity index (χ0) is 11.8. The molecule has 0 saturated carbocycles. The molecular formula is C12H12N2O3. The fourth-order valence-electron chi connectivity index (χ4n) is 2.10. The third-order valence-electron chi connectivity index (χ3n) is 3.06. The Morgan fingerprint density at radius 2 is 2.35 bits per heavy atom. The molecule has 5 heteroatoms. The summed E-state index contributed by atoms with van der Waals surface area (Å²) >= 11 is 0. The largest absolute Gasteiger partial charge is 0.478 e. The highest BCUT2D eigenvalue weighted by Gasteiger charge is 2.20. The van der Waals surface area contributed by atoms with E-state index in [1.807, 2.05) is 6.20 Å². The number of pyridine rings is 1. The summed E-state index contributed by atoms with van der Waals surface area (Å²) < 4.78 is 7.09. The Morgan fingerprint density at radius 1 is 1.47 bits per heavy atom. The lowest BCUT2D eigenvalue weighted by molar-refractivity contribution is 0.0696. The molecule has 1 N–H and O–H groups in total. The number of fused-ring (bicyclic) bond motifs is 1. The second-order valence-electron chi connectivity index (χ2n) is 4.21. The summed E-state index contributed by atoms with van der Waals surface area (Å²) in [6.07, 6.45) is 4.46. The molecule has 0 spiro atoms. The van der Waals surface area contributed by atoms with Crippen LogP contribution in [0.5, 0.6) is 0 Å². The molecule has 2 aromatic rings. The maximum absolute atomic E-state index is 10.9. The molecule has 1 aliphatic heterocycles.